The van der Waals surface area contributed by atoms with Crippen LogP contribution in [-0.4, -0.2) is 42.0 Å². The quantitative estimate of drug-likeness (QED) is 0.654. The maximum absolute atomic E-state index is 12.8. The first kappa shape index (κ1) is 20.3. The van der Waals surface area contributed by atoms with Gasteiger partial charge in [0.2, 0.25) is 5.91 Å². The van der Waals surface area contributed by atoms with Crippen LogP contribution in [0.25, 0.3) is 11.1 Å². The standard InChI is InChI=1S/C26H29N3O/c30-26-24(18-22-11-4-5-13-25(22)23-12-6-14-27-19-23)20-29(17-15-28-26)16-7-10-21-8-2-1-3-9-21/h1-6,8-9,11-14,19,24H,7,10,15-18,20H2,(H,28,30)/t24-/m1/s1. The highest BCUT2D eigenvalue weighted by Crippen LogP contribution is 2.26. The second kappa shape index (κ2) is 10.2. The van der Waals surface area contributed by atoms with E-state index in [1.165, 1.54) is 16.7 Å². The SMILES string of the molecule is O=C1NCCN(CCCc2ccccc2)C[C@H]1Cc1ccccc1-c1cccnc1. The Morgan fingerprint density at radius 3 is 2.67 bits per heavy atom. The number of rotatable bonds is 7. The van der Waals surface area contributed by atoms with Gasteiger partial charge in [-0.25, -0.2) is 0 Å². The van der Waals surface area contributed by atoms with Gasteiger partial charge in [0.25, 0.3) is 0 Å². The molecule has 2 heterocycles. The molecule has 0 bridgehead atoms. The lowest BCUT2D eigenvalue weighted by Crippen LogP contribution is -2.34. The molecule has 4 rings (SSSR count). The Kier molecular flexibility index (Phi) is 6.88. The average molecular weight is 400 g/mol. The molecule has 1 atom stereocenters. The number of nitrogens with zero attached hydrogens (tertiary/aromatic N) is 2. The summed E-state index contributed by atoms with van der Waals surface area (Å²) in [5.74, 6) is 0.128. The van der Waals surface area contributed by atoms with E-state index >= 15 is 0 Å². The van der Waals surface area contributed by atoms with E-state index in [9.17, 15) is 4.79 Å². The van der Waals surface area contributed by atoms with Crippen LogP contribution in [0.5, 0.6) is 0 Å². The molecule has 0 aliphatic carbocycles. The van der Waals surface area contributed by atoms with Crippen LogP contribution in [0, 0.1) is 5.92 Å². The fourth-order valence-electron chi connectivity index (χ4n) is 4.25. The van der Waals surface area contributed by atoms with Crippen molar-refractivity contribution < 1.29 is 4.79 Å². The van der Waals surface area contributed by atoms with Gasteiger partial charge < -0.3 is 10.2 Å². The van der Waals surface area contributed by atoms with Gasteiger partial charge in [-0.1, -0.05) is 60.7 Å². The van der Waals surface area contributed by atoms with Gasteiger partial charge in [0.1, 0.15) is 0 Å². The van der Waals surface area contributed by atoms with E-state index in [2.05, 4.69) is 75.9 Å². The zero-order chi connectivity index (χ0) is 20.6. The van der Waals surface area contributed by atoms with Crippen molar-refractivity contribution >= 4 is 5.91 Å². The summed E-state index contributed by atoms with van der Waals surface area (Å²) in [6.07, 6.45) is 6.61. The van der Waals surface area contributed by atoms with E-state index in [1.54, 1.807) is 6.20 Å². The minimum atomic E-state index is -0.0398. The van der Waals surface area contributed by atoms with E-state index in [4.69, 9.17) is 0 Å². The molecule has 0 unspecified atom stereocenters. The number of hydrogen-bond acceptors (Lipinski definition) is 3. The third kappa shape index (κ3) is 5.33. The van der Waals surface area contributed by atoms with Crippen molar-refractivity contribution in [2.45, 2.75) is 19.3 Å². The largest absolute Gasteiger partial charge is 0.355 e. The molecular formula is C26H29N3O. The van der Waals surface area contributed by atoms with Crippen molar-refractivity contribution in [3.05, 3.63) is 90.3 Å². The van der Waals surface area contributed by atoms with Crippen molar-refractivity contribution in [2.24, 2.45) is 5.92 Å². The topological polar surface area (TPSA) is 45.2 Å². The van der Waals surface area contributed by atoms with E-state index in [0.717, 1.165) is 51.0 Å². The number of carbonyl (C=O) groups is 1. The fourth-order valence-corrected chi connectivity index (χ4v) is 4.25. The molecule has 3 aromatic rings. The number of aryl methyl sites for hydroxylation is 1. The Bertz CT molecular complexity index is 943. The Labute approximate surface area is 179 Å². The minimum Gasteiger partial charge on any atom is -0.355 e. The Balaban J connectivity index is 1.42. The second-order valence-electron chi connectivity index (χ2n) is 7.98. The summed E-state index contributed by atoms with van der Waals surface area (Å²) >= 11 is 0. The summed E-state index contributed by atoms with van der Waals surface area (Å²) in [5.41, 5.74) is 4.85. The molecule has 30 heavy (non-hydrogen) atoms. The minimum absolute atomic E-state index is 0.0398. The van der Waals surface area contributed by atoms with E-state index in [0.29, 0.717) is 0 Å². The highest BCUT2D eigenvalue weighted by molar-refractivity contribution is 5.80. The zero-order valence-corrected chi connectivity index (χ0v) is 17.3. The van der Waals surface area contributed by atoms with Gasteiger partial charge in [-0.15, -0.1) is 0 Å². The zero-order valence-electron chi connectivity index (χ0n) is 17.3. The number of hydrogen-bond donors (Lipinski definition) is 1. The lowest BCUT2D eigenvalue weighted by atomic mass is 9.92. The van der Waals surface area contributed by atoms with Crippen LogP contribution in [0.1, 0.15) is 17.5 Å². The smallest absolute Gasteiger partial charge is 0.224 e. The highest BCUT2D eigenvalue weighted by atomic mass is 16.1. The van der Waals surface area contributed by atoms with Gasteiger partial charge in [0.15, 0.2) is 0 Å². The maximum Gasteiger partial charge on any atom is 0.224 e. The van der Waals surface area contributed by atoms with Gasteiger partial charge >= 0.3 is 0 Å². The molecule has 154 valence electrons. The predicted molar refractivity (Wildman–Crippen MR) is 121 cm³/mol. The molecule has 4 heteroatoms. The van der Waals surface area contributed by atoms with Crippen molar-refractivity contribution in [2.75, 3.05) is 26.2 Å². The summed E-state index contributed by atoms with van der Waals surface area (Å²) in [6.45, 7) is 3.47. The maximum atomic E-state index is 12.8. The third-order valence-electron chi connectivity index (χ3n) is 5.82. The summed E-state index contributed by atoms with van der Waals surface area (Å²) < 4.78 is 0. The van der Waals surface area contributed by atoms with Crippen LogP contribution in [0.2, 0.25) is 0 Å². The molecule has 1 aliphatic rings. The van der Waals surface area contributed by atoms with Crippen LogP contribution >= 0.6 is 0 Å². The Morgan fingerprint density at radius 2 is 1.83 bits per heavy atom. The van der Waals surface area contributed by atoms with Crippen molar-refractivity contribution in [1.82, 2.24) is 15.2 Å². The second-order valence-corrected chi connectivity index (χ2v) is 7.98. The molecule has 4 nitrogen and oxygen atoms in total. The first-order valence-corrected chi connectivity index (χ1v) is 10.8. The number of carbonyl (C=O) groups excluding carboxylic acids is 1. The number of benzene rings is 2. The molecule has 0 spiro atoms. The van der Waals surface area contributed by atoms with Crippen LogP contribution in [0.4, 0.5) is 0 Å². The summed E-state index contributed by atoms with van der Waals surface area (Å²) in [6, 6.07) is 23.0. The fraction of sp³-hybridized carbons (Fsp3) is 0.308. The molecule has 1 fully saturated rings. The molecule has 1 amide bonds. The van der Waals surface area contributed by atoms with E-state index in [1.807, 2.05) is 12.3 Å². The Hall–Kier alpha value is -2.98. The van der Waals surface area contributed by atoms with Crippen LogP contribution < -0.4 is 5.32 Å². The molecular weight excluding hydrogens is 370 g/mol. The van der Waals surface area contributed by atoms with Gasteiger partial charge in [0, 0.05) is 37.6 Å². The number of aromatic nitrogens is 1. The number of pyridine rings is 1. The lowest BCUT2D eigenvalue weighted by Gasteiger charge is -2.23. The summed E-state index contributed by atoms with van der Waals surface area (Å²) in [5, 5.41) is 3.12. The normalized spacial score (nSPS) is 17.3. The third-order valence-corrected chi connectivity index (χ3v) is 5.82. The average Bonchev–Trinajstić information content (AvgIpc) is 2.96. The molecule has 0 saturated carbocycles. The summed E-state index contributed by atoms with van der Waals surface area (Å²) in [4.78, 5) is 19.5. The van der Waals surface area contributed by atoms with Crippen molar-refractivity contribution in [1.29, 1.82) is 0 Å². The molecule has 1 aromatic heterocycles. The van der Waals surface area contributed by atoms with Gasteiger partial charge in [-0.05, 0) is 48.6 Å². The molecule has 1 aliphatic heterocycles. The Morgan fingerprint density at radius 1 is 1.00 bits per heavy atom. The number of nitrogens with one attached hydrogen (secondary N) is 1. The molecule has 0 radical (unpaired) electrons. The molecule has 1 N–H and O–H groups in total. The first-order valence-electron chi connectivity index (χ1n) is 10.8. The lowest BCUT2D eigenvalue weighted by molar-refractivity contribution is -0.124. The van der Waals surface area contributed by atoms with Crippen LogP contribution in [-0.2, 0) is 17.6 Å². The predicted octanol–water partition coefficient (Wildman–Crippen LogP) is 3.97. The van der Waals surface area contributed by atoms with Crippen molar-refractivity contribution in [3.63, 3.8) is 0 Å². The van der Waals surface area contributed by atoms with Gasteiger partial charge in [-0.3, -0.25) is 9.78 Å². The monoisotopic (exact) mass is 399 g/mol. The van der Waals surface area contributed by atoms with Crippen LogP contribution in [0.15, 0.2) is 79.1 Å². The van der Waals surface area contributed by atoms with Crippen LogP contribution in [0.3, 0.4) is 0 Å². The van der Waals surface area contributed by atoms with Gasteiger partial charge in [-0.2, -0.15) is 0 Å². The molecule has 2 aromatic carbocycles. The molecule has 1 saturated heterocycles. The van der Waals surface area contributed by atoms with Gasteiger partial charge in [0.05, 0.1) is 5.92 Å². The number of amides is 1. The first-order chi connectivity index (χ1) is 14.8. The van der Waals surface area contributed by atoms with Crippen molar-refractivity contribution in [3.8, 4) is 11.1 Å². The van der Waals surface area contributed by atoms with E-state index in [-0.39, 0.29) is 11.8 Å². The highest BCUT2D eigenvalue weighted by Gasteiger charge is 2.25. The van der Waals surface area contributed by atoms with E-state index < -0.39 is 0 Å². The summed E-state index contributed by atoms with van der Waals surface area (Å²) in [7, 11) is 0.